The number of urea groups is 1. The SMILES string of the molecule is NC1CCCC(NC(=O)NC2CCC(N(Cc3ccccc3)C(=O)CCCc3c[nH]c4ccccc34)CC2)C1. The van der Waals surface area contributed by atoms with E-state index in [0.29, 0.717) is 13.0 Å². The fourth-order valence-corrected chi connectivity index (χ4v) is 6.42. The first-order valence-corrected chi connectivity index (χ1v) is 14.8. The van der Waals surface area contributed by atoms with Crippen LogP contribution in [-0.4, -0.2) is 46.0 Å². The maximum atomic E-state index is 13.6. The second-order valence-electron chi connectivity index (χ2n) is 11.5. The number of amides is 3. The van der Waals surface area contributed by atoms with Crippen LogP contribution in [0.1, 0.15) is 75.3 Å². The highest BCUT2D eigenvalue weighted by molar-refractivity contribution is 5.83. The summed E-state index contributed by atoms with van der Waals surface area (Å²) in [6.45, 7) is 0.637. The molecule has 5 rings (SSSR count). The molecule has 7 heteroatoms. The summed E-state index contributed by atoms with van der Waals surface area (Å²) in [5.41, 5.74) is 9.66. The third-order valence-electron chi connectivity index (χ3n) is 8.55. The van der Waals surface area contributed by atoms with E-state index in [9.17, 15) is 9.59 Å². The number of rotatable bonds is 9. The lowest BCUT2D eigenvalue weighted by molar-refractivity contribution is -0.135. The largest absolute Gasteiger partial charge is 0.361 e. The molecule has 0 spiro atoms. The molecule has 3 amide bonds. The second-order valence-corrected chi connectivity index (χ2v) is 11.5. The molecule has 1 aromatic heterocycles. The van der Waals surface area contributed by atoms with Crippen molar-refractivity contribution in [1.82, 2.24) is 20.5 Å². The maximum absolute atomic E-state index is 13.6. The summed E-state index contributed by atoms with van der Waals surface area (Å²) in [7, 11) is 0. The zero-order chi connectivity index (χ0) is 27.0. The minimum absolute atomic E-state index is 0.0768. The molecule has 0 saturated heterocycles. The van der Waals surface area contributed by atoms with Crippen LogP contribution in [0.25, 0.3) is 10.9 Å². The molecule has 2 aliphatic carbocycles. The van der Waals surface area contributed by atoms with Gasteiger partial charge in [0.15, 0.2) is 0 Å². The minimum Gasteiger partial charge on any atom is -0.361 e. The van der Waals surface area contributed by atoms with Gasteiger partial charge in [0.25, 0.3) is 0 Å². The van der Waals surface area contributed by atoms with Crippen LogP contribution in [0.15, 0.2) is 60.8 Å². The van der Waals surface area contributed by atoms with E-state index in [1.807, 2.05) is 24.3 Å². The second kappa shape index (κ2) is 13.2. The Morgan fingerprint density at radius 1 is 0.897 bits per heavy atom. The molecule has 2 unspecified atom stereocenters. The number of carbonyl (C=O) groups excluding carboxylic acids is 2. The van der Waals surface area contributed by atoms with Gasteiger partial charge in [-0.05, 0) is 81.4 Å². The van der Waals surface area contributed by atoms with Gasteiger partial charge in [-0.15, -0.1) is 0 Å². The maximum Gasteiger partial charge on any atom is 0.315 e. The molecular formula is C32H43N5O2. The highest BCUT2D eigenvalue weighted by Crippen LogP contribution is 2.27. The Balaban J connectivity index is 1.14. The van der Waals surface area contributed by atoms with Crippen molar-refractivity contribution in [3.63, 3.8) is 0 Å². The Morgan fingerprint density at radius 2 is 1.64 bits per heavy atom. The Morgan fingerprint density at radius 3 is 2.44 bits per heavy atom. The van der Waals surface area contributed by atoms with Crippen LogP contribution in [0.2, 0.25) is 0 Å². The summed E-state index contributed by atoms with van der Waals surface area (Å²) in [4.78, 5) is 31.6. The number of hydrogen-bond acceptors (Lipinski definition) is 3. The summed E-state index contributed by atoms with van der Waals surface area (Å²) in [6.07, 6.45) is 11.9. The molecule has 2 saturated carbocycles. The fourth-order valence-electron chi connectivity index (χ4n) is 6.42. The molecule has 2 fully saturated rings. The van der Waals surface area contributed by atoms with Crippen molar-refractivity contribution >= 4 is 22.8 Å². The Kier molecular flexibility index (Phi) is 9.19. The van der Waals surface area contributed by atoms with Crippen LogP contribution in [0.5, 0.6) is 0 Å². The predicted octanol–water partition coefficient (Wildman–Crippen LogP) is 5.40. The van der Waals surface area contributed by atoms with Gasteiger partial charge in [-0.2, -0.15) is 0 Å². The average Bonchev–Trinajstić information content (AvgIpc) is 3.36. The van der Waals surface area contributed by atoms with E-state index in [1.54, 1.807) is 0 Å². The van der Waals surface area contributed by atoms with Crippen molar-refractivity contribution < 1.29 is 9.59 Å². The fraction of sp³-hybridized carbons (Fsp3) is 0.500. The Bertz CT molecular complexity index is 1220. The zero-order valence-corrected chi connectivity index (χ0v) is 22.9. The standard InChI is InChI=1S/C32H43N5O2/c33-25-11-7-12-27(20-25)36-32(39)35-26-16-18-28(19-17-26)37(22-23-8-2-1-3-9-23)31(38)15-6-10-24-21-34-30-14-5-4-13-29(24)30/h1-5,8-9,13-14,21,25-28,34H,6-7,10-12,15-20,22,33H2,(H2,35,36,39). The number of aryl methyl sites for hydroxylation is 1. The Hall–Kier alpha value is -3.32. The normalized spacial score (nSPS) is 23.3. The molecule has 0 radical (unpaired) electrons. The number of benzene rings is 2. The highest BCUT2D eigenvalue weighted by Gasteiger charge is 2.30. The molecule has 208 valence electrons. The lowest BCUT2D eigenvalue weighted by atomic mass is 9.89. The van der Waals surface area contributed by atoms with Crippen LogP contribution in [0.4, 0.5) is 4.79 Å². The first-order chi connectivity index (χ1) is 19.0. The molecule has 7 nitrogen and oxygen atoms in total. The van der Waals surface area contributed by atoms with E-state index < -0.39 is 0 Å². The monoisotopic (exact) mass is 529 g/mol. The van der Waals surface area contributed by atoms with Crippen LogP contribution in [-0.2, 0) is 17.8 Å². The number of carbonyl (C=O) groups is 2. The van der Waals surface area contributed by atoms with Crippen LogP contribution in [0, 0.1) is 0 Å². The van der Waals surface area contributed by atoms with Crippen molar-refractivity contribution in [2.75, 3.05) is 0 Å². The summed E-state index contributed by atoms with van der Waals surface area (Å²) >= 11 is 0. The van der Waals surface area contributed by atoms with Gasteiger partial charge in [-0.1, -0.05) is 48.5 Å². The molecular weight excluding hydrogens is 486 g/mol. The molecule has 2 atom stereocenters. The van der Waals surface area contributed by atoms with Gasteiger partial charge < -0.3 is 26.3 Å². The van der Waals surface area contributed by atoms with E-state index in [0.717, 1.165) is 75.3 Å². The number of fused-ring (bicyclic) bond motifs is 1. The Labute approximate surface area is 231 Å². The smallest absolute Gasteiger partial charge is 0.315 e. The molecule has 0 bridgehead atoms. The molecule has 39 heavy (non-hydrogen) atoms. The number of aromatic nitrogens is 1. The van der Waals surface area contributed by atoms with Crippen molar-refractivity contribution in [3.05, 3.63) is 71.9 Å². The summed E-state index contributed by atoms with van der Waals surface area (Å²) < 4.78 is 0. The van der Waals surface area contributed by atoms with Gasteiger partial charge in [0.05, 0.1) is 0 Å². The van der Waals surface area contributed by atoms with Gasteiger partial charge in [-0.25, -0.2) is 4.79 Å². The van der Waals surface area contributed by atoms with E-state index in [1.165, 1.54) is 10.9 Å². The lowest BCUT2D eigenvalue weighted by Gasteiger charge is -2.37. The first kappa shape index (κ1) is 27.3. The minimum atomic E-state index is -0.0768. The van der Waals surface area contributed by atoms with E-state index in [-0.39, 0.29) is 36.1 Å². The molecule has 3 aromatic rings. The van der Waals surface area contributed by atoms with E-state index >= 15 is 0 Å². The van der Waals surface area contributed by atoms with Crippen LogP contribution < -0.4 is 16.4 Å². The van der Waals surface area contributed by atoms with E-state index in [2.05, 4.69) is 57.0 Å². The van der Waals surface area contributed by atoms with Gasteiger partial charge in [0.1, 0.15) is 0 Å². The first-order valence-electron chi connectivity index (χ1n) is 14.8. The van der Waals surface area contributed by atoms with Crippen LogP contribution >= 0.6 is 0 Å². The number of nitrogens with one attached hydrogen (secondary N) is 3. The number of H-pyrrole nitrogens is 1. The van der Waals surface area contributed by atoms with Gasteiger partial charge in [0.2, 0.25) is 5.91 Å². The van der Waals surface area contributed by atoms with Gasteiger partial charge in [-0.3, -0.25) is 4.79 Å². The lowest BCUT2D eigenvalue weighted by Crippen LogP contribution is -2.51. The number of hydrogen-bond donors (Lipinski definition) is 4. The highest BCUT2D eigenvalue weighted by atomic mass is 16.2. The zero-order valence-electron chi connectivity index (χ0n) is 22.9. The topological polar surface area (TPSA) is 103 Å². The van der Waals surface area contributed by atoms with Gasteiger partial charge >= 0.3 is 6.03 Å². The number of nitrogens with zero attached hydrogens (tertiary/aromatic N) is 1. The third-order valence-corrected chi connectivity index (χ3v) is 8.55. The van der Waals surface area contributed by atoms with Crippen LogP contribution in [0.3, 0.4) is 0 Å². The molecule has 2 aromatic carbocycles. The summed E-state index contributed by atoms with van der Waals surface area (Å²) in [5, 5.41) is 7.56. The van der Waals surface area contributed by atoms with Crippen molar-refractivity contribution in [1.29, 1.82) is 0 Å². The van der Waals surface area contributed by atoms with Crippen molar-refractivity contribution in [3.8, 4) is 0 Å². The number of para-hydroxylation sites is 1. The summed E-state index contributed by atoms with van der Waals surface area (Å²) in [6, 6.07) is 19.2. The van der Waals surface area contributed by atoms with Crippen molar-refractivity contribution in [2.45, 2.75) is 101 Å². The molecule has 1 heterocycles. The number of aromatic amines is 1. The molecule has 0 aliphatic heterocycles. The predicted molar refractivity (Wildman–Crippen MR) is 156 cm³/mol. The third kappa shape index (κ3) is 7.41. The average molecular weight is 530 g/mol. The molecule has 5 N–H and O–H groups in total. The van der Waals surface area contributed by atoms with Gasteiger partial charge in [0, 0.05) is 54.2 Å². The quantitative estimate of drug-likeness (QED) is 0.298. The molecule has 2 aliphatic rings. The van der Waals surface area contributed by atoms with Crippen molar-refractivity contribution in [2.24, 2.45) is 5.73 Å². The van der Waals surface area contributed by atoms with E-state index in [4.69, 9.17) is 5.73 Å². The number of nitrogens with two attached hydrogens (primary N) is 1. The summed E-state index contributed by atoms with van der Waals surface area (Å²) in [5.74, 6) is 0.224.